The van der Waals surface area contributed by atoms with E-state index < -0.39 is 23.6 Å². The Labute approximate surface area is 176 Å². The van der Waals surface area contributed by atoms with Crippen LogP contribution in [-0.2, 0) is 14.4 Å². The summed E-state index contributed by atoms with van der Waals surface area (Å²) in [5.74, 6) is -0.644. The summed E-state index contributed by atoms with van der Waals surface area (Å²) in [5.41, 5.74) is 0.177. The fourth-order valence-electron chi connectivity index (χ4n) is 3.62. The molecule has 0 aliphatic carbocycles. The molecule has 1 aromatic rings. The second-order valence-electron chi connectivity index (χ2n) is 8.77. The monoisotopic (exact) mass is 418 g/mol. The van der Waals surface area contributed by atoms with Gasteiger partial charge >= 0.3 is 12.1 Å². The van der Waals surface area contributed by atoms with E-state index >= 15 is 0 Å². The Hall–Kier alpha value is -2.77. The number of carbonyl (C=O) groups is 2. The maximum Gasteiger partial charge on any atom is 0.410 e. The molecule has 0 unspecified atom stereocenters. The van der Waals surface area contributed by atoms with Gasteiger partial charge in [0, 0.05) is 25.7 Å². The fraction of sp³-hybridized carbons (Fsp3) is 0.591. The van der Waals surface area contributed by atoms with E-state index in [0.29, 0.717) is 43.3 Å². The molecule has 0 aromatic heterocycles. The minimum atomic E-state index is -0.934. The number of likely N-dealkylation sites (tertiary alicyclic amines) is 1. The minimum Gasteiger partial charge on any atom is -0.493 e. The van der Waals surface area contributed by atoms with Gasteiger partial charge in [-0.05, 0) is 57.2 Å². The summed E-state index contributed by atoms with van der Waals surface area (Å²) in [5, 5.41) is 13.2. The molecule has 0 spiro atoms. The zero-order chi connectivity index (χ0) is 21.7. The number of benzene rings is 1. The van der Waals surface area contributed by atoms with E-state index in [2.05, 4.69) is 5.16 Å². The quantitative estimate of drug-likeness (QED) is 0.757. The molecule has 2 aliphatic heterocycles. The van der Waals surface area contributed by atoms with Gasteiger partial charge in [-0.2, -0.15) is 0 Å². The Bertz CT molecular complexity index is 755. The number of rotatable bonds is 6. The van der Waals surface area contributed by atoms with Gasteiger partial charge in [0.2, 0.25) is 0 Å². The van der Waals surface area contributed by atoms with Crippen LogP contribution in [0, 0.1) is 5.92 Å². The largest absolute Gasteiger partial charge is 0.493 e. The maximum absolute atomic E-state index is 12.1. The fourth-order valence-corrected chi connectivity index (χ4v) is 3.62. The Balaban J connectivity index is 1.47. The Morgan fingerprint density at radius 3 is 2.43 bits per heavy atom. The van der Waals surface area contributed by atoms with Crippen LogP contribution in [-0.4, -0.2) is 59.7 Å². The van der Waals surface area contributed by atoms with Gasteiger partial charge in [0.15, 0.2) is 0 Å². The molecule has 1 aromatic carbocycles. The van der Waals surface area contributed by atoms with Crippen LogP contribution in [0.3, 0.4) is 0 Å². The van der Waals surface area contributed by atoms with Crippen LogP contribution in [0.1, 0.15) is 51.5 Å². The smallest absolute Gasteiger partial charge is 0.410 e. The molecule has 1 N–H and O–H groups in total. The van der Waals surface area contributed by atoms with Crippen molar-refractivity contribution in [3.8, 4) is 5.75 Å². The van der Waals surface area contributed by atoms with Crippen molar-refractivity contribution in [2.24, 2.45) is 11.1 Å². The molecule has 8 heteroatoms. The molecule has 2 heterocycles. The Morgan fingerprint density at radius 1 is 1.23 bits per heavy atom. The highest BCUT2D eigenvalue weighted by molar-refractivity contribution is 5.78. The third-order valence-electron chi connectivity index (χ3n) is 5.24. The summed E-state index contributed by atoms with van der Waals surface area (Å²) in [7, 11) is 0. The summed E-state index contributed by atoms with van der Waals surface area (Å²) in [6.45, 7) is 7.47. The van der Waals surface area contributed by atoms with Crippen molar-refractivity contribution in [2.45, 2.75) is 57.7 Å². The molecule has 2 aliphatic rings. The molecule has 1 saturated heterocycles. The second kappa shape index (κ2) is 9.36. The van der Waals surface area contributed by atoms with Crippen LogP contribution in [0.25, 0.3) is 0 Å². The highest BCUT2D eigenvalue weighted by atomic mass is 16.6. The normalized spacial score (nSPS) is 20.5. The number of carbonyl (C=O) groups excluding carboxylic acids is 1. The van der Waals surface area contributed by atoms with Crippen molar-refractivity contribution in [1.82, 2.24) is 4.90 Å². The van der Waals surface area contributed by atoms with Gasteiger partial charge in [-0.1, -0.05) is 17.3 Å². The number of oxime groups is 1. The van der Waals surface area contributed by atoms with Crippen molar-refractivity contribution in [2.75, 3.05) is 19.7 Å². The molecule has 1 amide bonds. The summed E-state index contributed by atoms with van der Waals surface area (Å²) in [6, 6.07) is 7.11. The number of carboxylic acid groups (broad SMARTS) is 1. The number of nitrogens with zero attached hydrogens (tertiary/aromatic N) is 2. The summed E-state index contributed by atoms with van der Waals surface area (Å²) >= 11 is 0. The standard InChI is InChI=1S/C22H30N2O6/c1-22(2,3)29-21(27)24-12-9-15(10-13-24)14-28-17-6-4-16(5-7-17)19(20(25)26)18-8-11-23-30-18/h4-7,11,15,18-19H,8-10,12-14H2,1-3H3,(H,25,26)/t18-,19+/m1/s1. The minimum absolute atomic E-state index is 0.262. The molecule has 8 nitrogen and oxygen atoms in total. The van der Waals surface area contributed by atoms with E-state index in [1.165, 1.54) is 0 Å². The van der Waals surface area contributed by atoms with Gasteiger partial charge in [0.25, 0.3) is 0 Å². The lowest BCUT2D eigenvalue weighted by Gasteiger charge is -2.33. The molecule has 164 valence electrons. The van der Waals surface area contributed by atoms with Crippen LogP contribution in [0.5, 0.6) is 5.75 Å². The number of amides is 1. The SMILES string of the molecule is CC(C)(C)OC(=O)N1CCC(COc2ccc([C@H](C(=O)O)[C@H]3CC=NO3)cc2)CC1. The summed E-state index contributed by atoms with van der Waals surface area (Å²) in [4.78, 5) is 30.7. The highest BCUT2D eigenvalue weighted by Gasteiger charge is 2.33. The predicted octanol–water partition coefficient (Wildman–Crippen LogP) is 3.66. The molecule has 2 atom stereocenters. The lowest BCUT2D eigenvalue weighted by molar-refractivity contribution is -0.142. The van der Waals surface area contributed by atoms with Gasteiger partial charge in [-0.25, -0.2) is 4.79 Å². The van der Waals surface area contributed by atoms with Gasteiger partial charge in [-0.15, -0.1) is 0 Å². The molecular formula is C22H30N2O6. The van der Waals surface area contributed by atoms with Crippen molar-refractivity contribution in [3.63, 3.8) is 0 Å². The molecular weight excluding hydrogens is 388 g/mol. The molecule has 1 fully saturated rings. The van der Waals surface area contributed by atoms with Crippen molar-refractivity contribution in [3.05, 3.63) is 29.8 Å². The molecule has 30 heavy (non-hydrogen) atoms. The summed E-state index contributed by atoms with van der Waals surface area (Å²) < 4.78 is 11.3. The summed E-state index contributed by atoms with van der Waals surface area (Å²) in [6.07, 6.45) is 3.05. The molecule has 0 bridgehead atoms. The van der Waals surface area contributed by atoms with E-state index in [1.54, 1.807) is 35.4 Å². The molecule has 3 rings (SSSR count). The van der Waals surface area contributed by atoms with Crippen LogP contribution in [0.2, 0.25) is 0 Å². The van der Waals surface area contributed by atoms with E-state index in [9.17, 15) is 14.7 Å². The zero-order valence-electron chi connectivity index (χ0n) is 17.7. The Kier molecular flexibility index (Phi) is 6.84. The first-order valence-electron chi connectivity index (χ1n) is 10.3. The van der Waals surface area contributed by atoms with Crippen LogP contribution in [0.4, 0.5) is 4.79 Å². The van der Waals surface area contributed by atoms with Crippen LogP contribution < -0.4 is 4.74 Å². The Morgan fingerprint density at radius 2 is 1.90 bits per heavy atom. The first-order chi connectivity index (χ1) is 14.2. The zero-order valence-corrected chi connectivity index (χ0v) is 17.7. The topological polar surface area (TPSA) is 97.7 Å². The first-order valence-corrected chi connectivity index (χ1v) is 10.3. The number of ether oxygens (including phenoxy) is 2. The third kappa shape index (κ3) is 5.87. The lowest BCUT2D eigenvalue weighted by Crippen LogP contribution is -2.42. The number of carboxylic acids is 1. The number of hydrogen-bond donors (Lipinski definition) is 1. The van der Waals surface area contributed by atoms with Gasteiger partial charge in [0.05, 0.1) is 6.61 Å². The van der Waals surface area contributed by atoms with Crippen molar-refractivity contribution in [1.29, 1.82) is 0 Å². The average molecular weight is 418 g/mol. The predicted molar refractivity (Wildman–Crippen MR) is 111 cm³/mol. The second-order valence-corrected chi connectivity index (χ2v) is 8.77. The molecule has 0 saturated carbocycles. The van der Waals surface area contributed by atoms with Crippen molar-refractivity contribution < 1.29 is 29.0 Å². The third-order valence-corrected chi connectivity index (χ3v) is 5.24. The van der Waals surface area contributed by atoms with Crippen LogP contribution >= 0.6 is 0 Å². The average Bonchev–Trinajstić information content (AvgIpc) is 3.20. The van der Waals surface area contributed by atoms with E-state index in [0.717, 1.165) is 12.8 Å². The van der Waals surface area contributed by atoms with E-state index in [4.69, 9.17) is 14.3 Å². The van der Waals surface area contributed by atoms with Gasteiger partial charge in [0.1, 0.15) is 23.4 Å². The molecule has 0 radical (unpaired) electrons. The van der Waals surface area contributed by atoms with E-state index in [-0.39, 0.29) is 6.09 Å². The lowest BCUT2D eigenvalue weighted by atomic mass is 9.92. The van der Waals surface area contributed by atoms with Gasteiger partial charge in [-0.3, -0.25) is 4.79 Å². The van der Waals surface area contributed by atoms with E-state index in [1.807, 2.05) is 20.8 Å². The van der Waals surface area contributed by atoms with Gasteiger partial charge < -0.3 is 24.3 Å². The number of aliphatic carboxylic acids is 1. The van der Waals surface area contributed by atoms with Crippen molar-refractivity contribution >= 4 is 18.3 Å². The first kappa shape index (κ1) is 21.9. The number of piperidine rings is 1. The maximum atomic E-state index is 12.1. The number of hydrogen-bond acceptors (Lipinski definition) is 6. The highest BCUT2D eigenvalue weighted by Crippen LogP contribution is 2.29. The van der Waals surface area contributed by atoms with Crippen LogP contribution in [0.15, 0.2) is 29.4 Å².